The van der Waals surface area contributed by atoms with Crippen LogP contribution >= 0.6 is 28.3 Å². The van der Waals surface area contributed by atoms with Gasteiger partial charge in [-0.25, -0.2) is 4.98 Å². The monoisotopic (exact) mass is 371 g/mol. The Hall–Kier alpha value is -0.950. The van der Waals surface area contributed by atoms with Gasteiger partial charge in [-0.1, -0.05) is 0 Å². The lowest BCUT2D eigenvalue weighted by atomic mass is 10.1. The lowest BCUT2D eigenvalue weighted by molar-refractivity contribution is 0.143. The first-order valence-electron chi connectivity index (χ1n) is 6.76. The molecule has 1 atom stereocenters. The average Bonchev–Trinajstić information content (AvgIpc) is 2.88. The summed E-state index contributed by atoms with van der Waals surface area (Å²) in [7, 11) is 2.05. The van der Waals surface area contributed by atoms with Crippen LogP contribution in [-0.2, 0) is 13.6 Å². The Kier molecular flexibility index (Phi) is 5.75. The van der Waals surface area contributed by atoms with Gasteiger partial charge < -0.3 is 9.88 Å². The Balaban J connectivity index is 0.00000161. The standard InChI is InChI=1S/C14H18BrN5.ClH/c1-19-6-5-17-14(19)13-9-16-4-7-20(13)10-12-3-2-11(15)8-18-12;/h2-3,5-6,8,13,16H,4,7,9-10H2,1H3;1H. The van der Waals surface area contributed by atoms with Crippen molar-refractivity contribution < 1.29 is 0 Å². The van der Waals surface area contributed by atoms with Crippen molar-refractivity contribution in [3.8, 4) is 0 Å². The molecule has 2 aromatic heterocycles. The summed E-state index contributed by atoms with van der Waals surface area (Å²) in [6.45, 7) is 3.81. The quantitative estimate of drug-likeness (QED) is 0.897. The Bertz CT molecular complexity index is 571. The van der Waals surface area contributed by atoms with Gasteiger partial charge in [-0.15, -0.1) is 12.4 Å². The lowest BCUT2D eigenvalue weighted by Crippen LogP contribution is -2.46. The average molecular weight is 373 g/mol. The summed E-state index contributed by atoms with van der Waals surface area (Å²) in [6.07, 6.45) is 5.72. The maximum Gasteiger partial charge on any atom is 0.127 e. The van der Waals surface area contributed by atoms with E-state index in [0.29, 0.717) is 6.04 Å². The van der Waals surface area contributed by atoms with Crippen molar-refractivity contribution in [3.05, 3.63) is 46.7 Å². The van der Waals surface area contributed by atoms with Crippen LogP contribution in [0.15, 0.2) is 35.2 Å². The van der Waals surface area contributed by atoms with Crippen LogP contribution in [-0.4, -0.2) is 39.1 Å². The van der Waals surface area contributed by atoms with Crippen molar-refractivity contribution >= 4 is 28.3 Å². The molecule has 1 saturated heterocycles. The first-order chi connectivity index (χ1) is 9.74. The molecule has 3 rings (SSSR count). The molecule has 0 spiro atoms. The third-order valence-electron chi connectivity index (χ3n) is 3.66. The fraction of sp³-hybridized carbons (Fsp3) is 0.429. The van der Waals surface area contributed by atoms with Crippen molar-refractivity contribution in [2.45, 2.75) is 12.6 Å². The zero-order valence-corrected chi connectivity index (χ0v) is 14.3. The second-order valence-corrected chi connectivity index (χ2v) is 5.97. The second-order valence-electron chi connectivity index (χ2n) is 5.05. The zero-order valence-electron chi connectivity index (χ0n) is 11.9. The van der Waals surface area contributed by atoms with Crippen LogP contribution < -0.4 is 5.32 Å². The Morgan fingerprint density at radius 1 is 1.38 bits per heavy atom. The van der Waals surface area contributed by atoms with Crippen LogP contribution in [0.3, 0.4) is 0 Å². The summed E-state index contributed by atoms with van der Waals surface area (Å²) >= 11 is 3.42. The van der Waals surface area contributed by atoms with Gasteiger partial charge in [0.25, 0.3) is 0 Å². The fourth-order valence-corrected chi connectivity index (χ4v) is 2.83. The van der Waals surface area contributed by atoms with Crippen molar-refractivity contribution in [2.24, 2.45) is 7.05 Å². The number of halogens is 2. The van der Waals surface area contributed by atoms with Gasteiger partial charge in [0.05, 0.1) is 11.7 Å². The van der Waals surface area contributed by atoms with Crippen LogP contribution in [0, 0.1) is 0 Å². The number of rotatable bonds is 3. The van der Waals surface area contributed by atoms with Gasteiger partial charge in [-0.2, -0.15) is 0 Å². The van der Waals surface area contributed by atoms with Gasteiger partial charge in [-0.05, 0) is 28.1 Å². The molecule has 1 aliphatic rings. The number of aryl methyl sites for hydroxylation is 1. The zero-order chi connectivity index (χ0) is 13.9. The van der Waals surface area contributed by atoms with E-state index in [1.54, 1.807) is 0 Å². The lowest BCUT2D eigenvalue weighted by Gasteiger charge is -2.35. The van der Waals surface area contributed by atoms with E-state index in [4.69, 9.17) is 0 Å². The molecule has 21 heavy (non-hydrogen) atoms. The fourth-order valence-electron chi connectivity index (χ4n) is 2.60. The molecule has 0 saturated carbocycles. The van der Waals surface area contributed by atoms with Crippen molar-refractivity contribution in [1.29, 1.82) is 0 Å². The normalized spacial score (nSPS) is 19.2. The molecule has 5 nitrogen and oxygen atoms in total. The minimum Gasteiger partial charge on any atom is -0.337 e. The second kappa shape index (κ2) is 7.35. The summed E-state index contributed by atoms with van der Waals surface area (Å²) in [4.78, 5) is 11.4. The molecule has 3 heterocycles. The van der Waals surface area contributed by atoms with E-state index >= 15 is 0 Å². The number of nitrogens with zero attached hydrogens (tertiary/aromatic N) is 4. The summed E-state index contributed by atoms with van der Waals surface area (Å²) in [5, 5.41) is 3.45. The van der Waals surface area contributed by atoms with Crippen molar-refractivity contribution in [2.75, 3.05) is 19.6 Å². The van der Waals surface area contributed by atoms with Gasteiger partial charge in [0.15, 0.2) is 0 Å². The highest BCUT2D eigenvalue weighted by atomic mass is 79.9. The molecule has 0 aromatic carbocycles. The largest absolute Gasteiger partial charge is 0.337 e. The first-order valence-corrected chi connectivity index (χ1v) is 7.56. The molecule has 1 fully saturated rings. The molecule has 0 radical (unpaired) electrons. The molecular weight excluding hydrogens is 354 g/mol. The molecular formula is C14H19BrClN5. The molecule has 0 bridgehead atoms. The number of hydrogen-bond acceptors (Lipinski definition) is 4. The summed E-state index contributed by atoms with van der Waals surface area (Å²) < 4.78 is 3.11. The Morgan fingerprint density at radius 3 is 2.90 bits per heavy atom. The van der Waals surface area contributed by atoms with Crippen molar-refractivity contribution in [1.82, 2.24) is 24.8 Å². The van der Waals surface area contributed by atoms with E-state index in [1.807, 2.05) is 31.7 Å². The number of imidazole rings is 1. The number of piperazine rings is 1. The van der Waals surface area contributed by atoms with Gasteiger partial charge in [0, 0.05) is 56.3 Å². The van der Waals surface area contributed by atoms with Crippen LogP contribution in [0.25, 0.3) is 0 Å². The maximum atomic E-state index is 4.50. The van der Waals surface area contributed by atoms with Crippen molar-refractivity contribution in [3.63, 3.8) is 0 Å². The molecule has 114 valence electrons. The van der Waals surface area contributed by atoms with Gasteiger partial charge in [-0.3, -0.25) is 9.88 Å². The highest BCUT2D eigenvalue weighted by Gasteiger charge is 2.26. The van der Waals surface area contributed by atoms with Gasteiger partial charge in [0.1, 0.15) is 5.82 Å². The van der Waals surface area contributed by atoms with E-state index < -0.39 is 0 Å². The van der Waals surface area contributed by atoms with Gasteiger partial charge >= 0.3 is 0 Å². The molecule has 7 heteroatoms. The van der Waals surface area contributed by atoms with Crippen LogP contribution in [0.1, 0.15) is 17.6 Å². The third-order valence-corrected chi connectivity index (χ3v) is 4.13. The summed E-state index contributed by atoms with van der Waals surface area (Å²) in [6, 6.07) is 4.41. The van der Waals surface area contributed by atoms with E-state index in [2.05, 4.69) is 46.7 Å². The predicted octanol–water partition coefficient (Wildman–Crippen LogP) is 2.15. The number of pyridine rings is 1. The van der Waals surface area contributed by atoms with Crippen LogP contribution in [0.4, 0.5) is 0 Å². The smallest absolute Gasteiger partial charge is 0.127 e. The molecule has 0 aliphatic carbocycles. The Labute approximate surface area is 139 Å². The third kappa shape index (κ3) is 3.83. The van der Waals surface area contributed by atoms with Crippen LogP contribution in [0.5, 0.6) is 0 Å². The van der Waals surface area contributed by atoms with E-state index in [-0.39, 0.29) is 12.4 Å². The number of nitrogens with one attached hydrogen (secondary N) is 1. The molecule has 2 aromatic rings. The maximum absolute atomic E-state index is 4.50. The highest BCUT2D eigenvalue weighted by molar-refractivity contribution is 9.10. The molecule has 1 aliphatic heterocycles. The minimum atomic E-state index is 0. The highest BCUT2D eigenvalue weighted by Crippen LogP contribution is 2.22. The molecule has 1 N–H and O–H groups in total. The Morgan fingerprint density at radius 2 is 2.24 bits per heavy atom. The first kappa shape index (κ1) is 16.4. The van der Waals surface area contributed by atoms with E-state index in [9.17, 15) is 0 Å². The summed E-state index contributed by atoms with van der Waals surface area (Å²) in [5.74, 6) is 1.11. The number of hydrogen-bond donors (Lipinski definition) is 1. The van der Waals surface area contributed by atoms with Crippen LogP contribution in [0.2, 0.25) is 0 Å². The van der Waals surface area contributed by atoms with E-state index in [1.165, 1.54) is 0 Å². The minimum absolute atomic E-state index is 0. The summed E-state index contributed by atoms with van der Waals surface area (Å²) in [5.41, 5.74) is 1.09. The molecule has 0 amide bonds. The van der Waals surface area contributed by atoms with E-state index in [0.717, 1.165) is 42.2 Å². The molecule has 1 unspecified atom stereocenters. The predicted molar refractivity (Wildman–Crippen MR) is 88.4 cm³/mol. The number of aromatic nitrogens is 3. The topological polar surface area (TPSA) is 46.0 Å². The SMILES string of the molecule is Cl.Cn1ccnc1C1CNCCN1Cc1ccc(Br)cn1. The van der Waals surface area contributed by atoms with Gasteiger partial charge in [0.2, 0.25) is 0 Å².